The molecule has 0 fully saturated rings. The average Bonchev–Trinajstić information content (AvgIpc) is 2.46. The molecule has 2 aromatic rings. The van der Waals surface area contributed by atoms with E-state index in [1.165, 1.54) is 0 Å². The monoisotopic (exact) mass is 369 g/mol. The number of halogens is 1. The number of anilines is 1. The summed E-state index contributed by atoms with van der Waals surface area (Å²) >= 11 is 2.27. The molecule has 1 atom stereocenters. The topological polar surface area (TPSA) is 41.5 Å². The van der Waals surface area contributed by atoms with E-state index in [9.17, 15) is 5.11 Å². The normalized spacial score (nSPS) is 11.9. The number of benzene rings is 2. The lowest BCUT2D eigenvalue weighted by atomic mass is 10.1. The van der Waals surface area contributed by atoms with Crippen molar-refractivity contribution in [2.45, 2.75) is 6.10 Å². The van der Waals surface area contributed by atoms with Crippen molar-refractivity contribution >= 4 is 28.3 Å². The lowest BCUT2D eigenvalue weighted by Crippen LogP contribution is -2.12. The van der Waals surface area contributed by atoms with Gasteiger partial charge in [-0.05, 0) is 52.4 Å². The highest BCUT2D eigenvalue weighted by atomic mass is 127. The van der Waals surface area contributed by atoms with Crippen LogP contribution in [0, 0.1) is 3.57 Å². The molecule has 2 N–H and O–H groups in total. The van der Waals surface area contributed by atoms with Crippen LogP contribution in [0.1, 0.15) is 11.7 Å². The van der Waals surface area contributed by atoms with Gasteiger partial charge >= 0.3 is 0 Å². The minimum atomic E-state index is -0.564. The summed E-state index contributed by atoms with van der Waals surface area (Å²) in [5.74, 6) is 0.755. The van der Waals surface area contributed by atoms with Gasteiger partial charge in [-0.25, -0.2) is 0 Å². The van der Waals surface area contributed by atoms with Crippen molar-refractivity contribution < 1.29 is 9.84 Å². The zero-order valence-electron chi connectivity index (χ0n) is 10.6. The van der Waals surface area contributed by atoms with Gasteiger partial charge < -0.3 is 15.2 Å². The maximum Gasteiger partial charge on any atom is 0.119 e. The third-order valence-electron chi connectivity index (χ3n) is 2.84. The summed E-state index contributed by atoms with van der Waals surface area (Å²) < 4.78 is 6.29. The zero-order chi connectivity index (χ0) is 13.7. The molecular weight excluding hydrogens is 353 g/mol. The van der Waals surface area contributed by atoms with Gasteiger partial charge in [-0.2, -0.15) is 0 Å². The molecule has 3 nitrogen and oxygen atoms in total. The second kappa shape index (κ2) is 6.77. The Labute approximate surface area is 126 Å². The molecule has 0 heterocycles. The van der Waals surface area contributed by atoms with E-state index in [1.807, 2.05) is 48.5 Å². The van der Waals surface area contributed by atoms with Crippen LogP contribution in [-0.4, -0.2) is 18.8 Å². The van der Waals surface area contributed by atoms with Crippen molar-refractivity contribution in [3.63, 3.8) is 0 Å². The number of hydrogen-bond donors (Lipinski definition) is 2. The summed E-state index contributed by atoms with van der Waals surface area (Å²) in [4.78, 5) is 0. The van der Waals surface area contributed by atoms with Gasteiger partial charge in [0, 0.05) is 15.8 Å². The van der Waals surface area contributed by atoms with Gasteiger partial charge in [0.15, 0.2) is 0 Å². The van der Waals surface area contributed by atoms with Crippen LogP contribution in [0.3, 0.4) is 0 Å². The van der Waals surface area contributed by atoms with Crippen LogP contribution in [0.5, 0.6) is 5.75 Å². The second-order valence-corrected chi connectivity index (χ2v) is 5.32. The maximum absolute atomic E-state index is 10.2. The number of methoxy groups -OCH3 is 1. The van der Waals surface area contributed by atoms with Crippen LogP contribution < -0.4 is 10.1 Å². The number of aliphatic hydroxyl groups is 1. The number of para-hydroxylation sites is 1. The highest BCUT2D eigenvalue weighted by Gasteiger charge is 2.08. The zero-order valence-corrected chi connectivity index (χ0v) is 12.8. The van der Waals surface area contributed by atoms with Gasteiger partial charge in [0.2, 0.25) is 0 Å². The summed E-state index contributed by atoms with van der Waals surface area (Å²) in [5.41, 5.74) is 1.88. The molecule has 0 bridgehead atoms. The van der Waals surface area contributed by atoms with E-state index < -0.39 is 6.10 Å². The first kappa shape index (κ1) is 14.1. The van der Waals surface area contributed by atoms with Crippen LogP contribution in [0.25, 0.3) is 0 Å². The fourth-order valence-corrected chi connectivity index (χ4v) is 2.36. The number of rotatable bonds is 5. The van der Waals surface area contributed by atoms with Gasteiger partial charge in [-0.3, -0.25) is 0 Å². The summed E-state index contributed by atoms with van der Waals surface area (Å²) in [6.07, 6.45) is -0.564. The number of ether oxygens (including phenoxy) is 1. The maximum atomic E-state index is 10.2. The van der Waals surface area contributed by atoms with Gasteiger partial charge in [-0.1, -0.05) is 24.3 Å². The van der Waals surface area contributed by atoms with Gasteiger partial charge in [0.05, 0.1) is 13.2 Å². The second-order valence-electron chi connectivity index (χ2n) is 4.15. The molecule has 0 aliphatic carbocycles. The predicted octanol–water partition coefficient (Wildman–Crippen LogP) is 3.45. The Hall–Kier alpha value is -1.27. The SMILES string of the molecule is COc1cccc(C(O)CNc2ccccc2I)c1. The molecule has 2 rings (SSSR count). The lowest BCUT2D eigenvalue weighted by Gasteiger charge is -2.14. The number of nitrogens with one attached hydrogen (secondary N) is 1. The first-order valence-electron chi connectivity index (χ1n) is 6.01. The number of hydrogen-bond acceptors (Lipinski definition) is 3. The minimum absolute atomic E-state index is 0.465. The van der Waals surface area contributed by atoms with Gasteiger partial charge in [-0.15, -0.1) is 0 Å². The Morgan fingerprint density at radius 1 is 1.21 bits per heavy atom. The first-order valence-corrected chi connectivity index (χ1v) is 7.09. The first-order chi connectivity index (χ1) is 9.20. The third kappa shape index (κ3) is 3.84. The molecule has 2 aromatic carbocycles. The molecule has 4 heteroatoms. The summed E-state index contributed by atoms with van der Waals surface area (Å²) in [6.45, 7) is 0.465. The van der Waals surface area contributed by atoms with Crippen molar-refractivity contribution in [1.29, 1.82) is 0 Å². The van der Waals surface area contributed by atoms with E-state index in [0.717, 1.165) is 20.6 Å². The Bertz CT molecular complexity index is 545. The van der Waals surface area contributed by atoms with E-state index in [-0.39, 0.29) is 0 Å². The van der Waals surface area contributed by atoms with E-state index in [0.29, 0.717) is 6.54 Å². The molecule has 0 aliphatic heterocycles. The van der Waals surface area contributed by atoms with Crippen LogP contribution in [0.2, 0.25) is 0 Å². The Morgan fingerprint density at radius 3 is 2.74 bits per heavy atom. The highest BCUT2D eigenvalue weighted by molar-refractivity contribution is 14.1. The molecule has 19 heavy (non-hydrogen) atoms. The summed E-state index contributed by atoms with van der Waals surface area (Å²) in [5, 5.41) is 13.4. The molecule has 1 unspecified atom stereocenters. The molecule has 0 amide bonds. The van der Waals surface area contributed by atoms with Crippen molar-refractivity contribution in [2.75, 3.05) is 19.0 Å². The Balaban J connectivity index is 2.01. The van der Waals surface area contributed by atoms with Crippen molar-refractivity contribution in [3.8, 4) is 5.75 Å². The van der Waals surface area contributed by atoms with Gasteiger partial charge in [0.25, 0.3) is 0 Å². The Kier molecular flexibility index (Phi) is 5.04. The molecule has 0 radical (unpaired) electrons. The van der Waals surface area contributed by atoms with E-state index in [1.54, 1.807) is 7.11 Å². The van der Waals surface area contributed by atoms with E-state index >= 15 is 0 Å². The number of aliphatic hydroxyl groups excluding tert-OH is 1. The fourth-order valence-electron chi connectivity index (χ4n) is 1.78. The van der Waals surface area contributed by atoms with Crippen LogP contribution in [0.15, 0.2) is 48.5 Å². The molecule has 0 saturated carbocycles. The summed E-state index contributed by atoms with van der Waals surface area (Å²) in [7, 11) is 1.62. The Morgan fingerprint density at radius 2 is 2.00 bits per heavy atom. The molecule has 0 aliphatic rings. The van der Waals surface area contributed by atoms with Crippen LogP contribution >= 0.6 is 22.6 Å². The van der Waals surface area contributed by atoms with Crippen molar-refractivity contribution in [3.05, 3.63) is 57.7 Å². The summed E-state index contributed by atoms with van der Waals surface area (Å²) in [6, 6.07) is 15.5. The molecule has 0 saturated heterocycles. The lowest BCUT2D eigenvalue weighted by molar-refractivity contribution is 0.191. The van der Waals surface area contributed by atoms with Crippen LogP contribution in [-0.2, 0) is 0 Å². The minimum Gasteiger partial charge on any atom is -0.497 e. The van der Waals surface area contributed by atoms with Gasteiger partial charge in [0.1, 0.15) is 5.75 Å². The van der Waals surface area contributed by atoms with Crippen molar-refractivity contribution in [1.82, 2.24) is 0 Å². The largest absolute Gasteiger partial charge is 0.497 e. The third-order valence-corrected chi connectivity index (χ3v) is 3.78. The smallest absolute Gasteiger partial charge is 0.119 e. The van der Waals surface area contributed by atoms with E-state index in [2.05, 4.69) is 27.9 Å². The molecule has 0 spiro atoms. The van der Waals surface area contributed by atoms with Crippen LogP contribution in [0.4, 0.5) is 5.69 Å². The molecular formula is C15H16INO2. The molecule has 0 aromatic heterocycles. The fraction of sp³-hybridized carbons (Fsp3) is 0.200. The van der Waals surface area contributed by atoms with Crippen molar-refractivity contribution in [2.24, 2.45) is 0 Å². The standard InChI is InChI=1S/C15H16INO2/c1-19-12-6-4-5-11(9-12)15(18)10-17-14-8-3-2-7-13(14)16/h2-9,15,17-18H,10H2,1H3. The van der Waals surface area contributed by atoms with E-state index in [4.69, 9.17) is 4.74 Å². The average molecular weight is 369 g/mol. The molecule has 100 valence electrons. The highest BCUT2D eigenvalue weighted by Crippen LogP contribution is 2.21. The quantitative estimate of drug-likeness (QED) is 0.794. The predicted molar refractivity (Wildman–Crippen MR) is 85.6 cm³/mol.